The fourth-order valence-electron chi connectivity index (χ4n) is 3.07. The molecule has 0 spiro atoms. The van der Waals surface area contributed by atoms with Crippen LogP contribution >= 0.6 is 0 Å². The number of amides is 2. The van der Waals surface area contributed by atoms with Crippen LogP contribution in [0.25, 0.3) is 0 Å². The van der Waals surface area contributed by atoms with Gasteiger partial charge in [-0.1, -0.05) is 30.3 Å². The third-order valence-corrected chi connectivity index (χ3v) is 6.59. The molecule has 0 aliphatic carbocycles. The maximum Gasteiger partial charge on any atom is 0.255 e. The smallest absolute Gasteiger partial charge is 0.255 e. The van der Waals surface area contributed by atoms with Gasteiger partial charge in [0.2, 0.25) is 15.9 Å². The Labute approximate surface area is 198 Å². The highest BCUT2D eigenvalue weighted by atomic mass is 32.2. The van der Waals surface area contributed by atoms with Crippen LogP contribution in [0, 0.1) is 0 Å². The number of aromatic nitrogens is 1. The number of hydrazone groups is 1. The highest BCUT2D eigenvalue weighted by Gasteiger charge is 2.26. The van der Waals surface area contributed by atoms with Gasteiger partial charge >= 0.3 is 0 Å². The second kappa shape index (κ2) is 11.8. The van der Waals surface area contributed by atoms with Gasteiger partial charge in [0, 0.05) is 31.5 Å². The summed E-state index contributed by atoms with van der Waals surface area (Å²) < 4.78 is 27.8. The second-order valence-electron chi connectivity index (χ2n) is 7.35. The molecule has 10 heteroatoms. The van der Waals surface area contributed by atoms with E-state index in [9.17, 15) is 18.0 Å². The molecule has 0 radical (unpaired) electrons. The molecule has 176 valence electrons. The summed E-state index contributed by atoms with van der Waals surface area (Å²) in [6.45, 7) is 1.06. The number of nitrogens with one attached hydrogen (secondary N) is 2. The van der Waals surface area contributed by atoms with E-state index < -0.39 is 22.5 Å². The highest BCUT2D eigenvalue weighted by Crippen LogP contribution is 2.19. The summed E-state index contributed by atoms with van der Waals surface area (Å²) in [5.74, 6) is -0.833. The van der Waals surface area contributed by atoms with Crippen molar-refractivity contribution in [2.24, 2.45) is 5.10 Å². The summed E-state index contributed by atoms with van der Waals surface area (Å²) in [4.78, 5) is 27.7. The molecule has 0 atom stereocenters. The van der Waals surface area contributed by atoms with Gasteiger partial charge in [-0.05, 0) is 53.9 Å². The first-order valence-electron chi connectivity index (χ1n) is 10.5. The zero-order chi connectivity index (χ0) is 24.4. The molecule has 0 saturated heterocycles. The van der Waals surface area contributed by atoms with E-state index >= 15 is 0 Å². The van der Waals surface area contributed by atoms with Gasteiger partial charge in [0.25, 0.3) is 5.91 Å². The number of rotatable bonds is 10. The Morgan fingerprint density at radius 2 is 1.68 bits per heavy atom. The molecule has 9 nitrogen and oxygen atoms in total. The molecule has 0 fully saturated rings. The minimum atomic E-state index is -3.99. The van der Waals surface area contributed by atoms with Crippen molar-refractivity contribution >= 4 is 33.7 Å². The van der Waals surface area contributed by atoms with E-state index in [1.807, 2.05) is 30.3 Å². The van der Waals surface area contributed by atoms with Crippen LogP contribution < -0.4 is 10.7 Å². The van der Waals surface area contributed by atoms with Gasteiger partial charge in [-0.2, -0.15) is 9.41 Å². The molecular formula is C24H25N5O4S. The topological polar surface area (TPSA) is 121 Å². The van der Waals surface area contributed by atoms with Crippen molar-refractivity contribution in [3.05, 3.63) is 90.3 Å². The van der Waals surface area contributed by atoms with Crippen molar-refractivity contribution in [3.8, 4) is 0 Å². The van der Waals surface area contributed by atoms with Crippen LogP contribution in [0.3, 0.4) is 0 Å². The number of hydrogen-bond acceptors (Lipinski definition) is 6. The van der Waals surface area contributed by atoms with E-state index in [2.05, 4.69) is 20.8 Å². The number of carbonyl (C=O) groups is 2. The lowest BCUT2D eigenvalue weighted by Gasteiger charge is -2.21. The van der Waals surface area contributed by atoms with Crippen LogP contribution in [-0.4, -0.2) is 48.8 Å². The fourth-order valence-corrected chi connectivity index (χ4v) is 4.47. The molecule has 3 aromatic rings. The maximum absolute atomic E-state index is 13.3. The van der Waals surface area contributed by atoms with E-state index in [0.717, 1.165) is 15.4 Å². The molecule has 0 aliphatic heterocycles. The Morgan fingerprint density at radius 1 is 1.00 bits per heavy atom. The van der Waals surface area contributed by atoms with Crippen LogP contribution in [0.4, 0.5) is 5.69 Å². The molecule has 34 heavy (non-hydrogen) atoms. The minimum Gasteiger partial charge on any atom is -0.326 e. The number of pyridine rings is 1. The van der Waals surface area contributed by atoms with Crippen molar-refractivity contribution < 1.29 is 18.0 Å². The molecule has 0 bridgehead atoms. The average Bonchev–Trinajstić information content (AvgIpc) is 2.83. The van der Waals surface area contributed by atoms with Gasteiger partial charge in [-0.15, -0.1) is 0 Å². The number of hydrogen-bond donors (Lipinski definition) is 2. The average molecular weight is 480 g/mol. The van der Waals surface area contributed by atoms with Gasteiger partial charge in [0.15, 0.2) is 0 Å². The first kappa shape index (κ1) is 24.7. The second-order valence-corrected chi connectivity index (χ2v) is 9.29. The number of nitrogens with zero attached hydrogens (tertiary/aromatic N) is 3. The Hall–Kier alpha value is -3.89. The van der Waals surface area contributed by atoms with Crippen LogP contribution in [0.15, 0.2) is 89.1 Å². The quantitative estimate of drug-likeness (QED) is 0.342. The Morgan fingerprint density at radius 3 is 2.32 bits per heavy atom. The summed E-state index contributed by atoms with van der Waals surface area (Å²) in [7, 11) is -3.99. The first-order chi connectivity index (χ1) is 16.3. The van der Waals surface area contributed by atoms with E-state index in [1.54, 1.807) is 24.5 Å². The monoisotopic (exact) mass is 479 g/mol. The SMILES string of the molecule is CC(=O)Nc1ccc(S(=O)(=O)N(CCc2ccccc2)CC(=O)N/N=C\c2ccncc2)cc1. The van der Waals surface area contributed by atoms with Crippen molar-refractivity contribution in [2.45, 2.75) is 18.2 Å². The molecule has 0 aliphatic rings. The van der Waals surface area contributed by atoms with Crippen LogP contribution in [0.5, 0.6) is 0 Å². The predicted octanol–water partition coefficient (Wildman–Crippen LogP) is 2.42. The number of sulfonamides is 1. The van der Waals surface area contributed by atoms with E-state index in [0.29, 0.717) is 12.1 Å². The van der Waals surface area contributed by atoms with Gasteiger partial charge < -0.3 is 5.32 Å². The molecule has 2 aromatic carbocycles. The van der Waals surface area contributed by atoms with Gasteiger partial charge in [0.1, 0.15) is 0 Å². The third-order valence-electron chi connectivity index (χ3n) is 4.73. The van der Waals surface area contributed by atoms with Crippen LogP contribution in [0.2, 0.25) is 0 Å². The zero-order valence-electron chi connectivity index (χ0n) is 18.6. The third kappa shape index (κ3) is 7.32. The lowest BCUT2D eigenvalue weighted by atomic mass is 10.1. The molecule has 3 rings (SSSR count). The molecule has 0 saturated carbocycles. The standard InChI is InChI=1S/C24H25N5O4S/c1-19(30)27-22-7-9-23(10-8-22)34(32,33)29(16-13-20-5-3-2-4-6-20)18-24(31)28-26-17-21-11-14-25-15-12-21/h2-12,14-15,17H,13,16,18H2,1H3,(H,27,30)(H,28,31)/b26-17-. The summed E-state index contributed by atoms with van der Waals surface area (Å²) in [5.41, 5.74) is 4.53. The van der Waals surface area contributed by atoms with Crippen molar-refractivity contribution in [3.63, 3.8) is 0 Å². The normalized spacial score (nSPS) is 11.5. The maximum atomic E-state index is 13.3. The zero-order valence-corrected chi connectivity index (χ0v) is 19.4. The summed E-state index contributed by atoms with van der Waals surface area (Å²) in [6.07, 6.45) is 5.07. The molecular weight excluding hydrogens is 454 g/mol. The molecule has 1 heterocycles. The Bertz CT molecular complexity index is 1230. The van der Waals surface area contributed by atoms with E-state index in [1.165, 1.54) is 37.4 Å². The lowest BCUT2D eigenvalue weighted by Crippen LogP contribution is -2.40. The van der Waals surface area contributed by atoms with Gasteiger partial charge in [-0.25, -0.2) is 13.8 Å². The fraction of sp³-hybridized carbons (Fsp3) is 0.167. The predicted molar refractivity (Wildman–Crippen MR) is 130 cm³/mol. The van der Waals surface area contributed by atoms with Gasteiger partial charge in [-0.3, -0.25) is 14.6 Å². The van der Waals surface area contributed by atoms with Crippen molar-refractivity contribution in [1.29, 1.82) is 0 Å². The molecule has 0 unspecified atom stereocenters. The lowest BCUT2D eigenvalue weighted by molar-refractivity contribution is -0.121. The largest absolute Gasteiger partial charge is 0.326 e. The number of benzene rings is 2. The summed E-state index contributed by atoms with van der Waals surface area (Å²) in [5, 5.41) is 6.49. The van der Waals surface area contributed by atoms with Gasteiger partial charge in [0.05, 0.1) is 17.7 Å². The van der Waals surface area contributed by atoms with E-state index in [-0.39, 0.29) is 17.3 Å². The van der Waals surface area contributed by atoms with Crippen molar-refractivity contribution in [2.75, 3.05) is 18.4 Å². The molecule has 2 N–H and O–H groups in total. The first-order valence-corrected chi connectivity index (χ1v) is 11.9. The Balaban J connectivity index is 1.75. The Kier molecular flexibility index (Phi) is 8.60. The highest BCUT2D eigenvalue weighted by molar-refractivity contribution is 7.89. The van der Waals surface area contributed by atoms with Crippen molar-refractivity contribution in [1.82, 2.24) is 14.7 Å². The molecule has 1 aromatic heterocycles. The number of anilines is 1. The summed E-state index contributed by atoms with van der Waals surface area (Å²) in [6, 6.07) is 18.6. The summed E-state index contributed by atoms with van der Waals surface area (Å²) >= 11 is 0. The van der Waals surface area contributed by atoms with E-state index in [4.69, 9.17) is 0 Å². The molecule has 2 amide bonds. The van der Waals surface area contributed by atoms with Crippen LogP contribution in [-0.2, 0) is 26.0 Å². The minimum absolute atomic E-state index is 0.0164. The number of carbonyl (C=O) groups excluding carboxylic acids is 2. The van der Waals surface area contributed by atoms with Crippen LogP contribution in [0.1, 0.15) is 18.1 Å².